The van der Waals surface area contributed by atoms with Gasteiger partial charge in [-0.15, -0.1) is 0 Å². The zero-order chi connectivity index (χ0) is 17.8. The van der Waals surface area contributed by atoms with Crippen molar-refractivity contribution in [3.8, 4) is 0 Å². The SMILES string of the molecule is O=C(NCCCc1nc2ccccc2n1CCC1CCCCC1)C1CC1. The van der Waals surface area contributed by atoms with Gasteiger partial charge in [0.2, 0.25) is 5.91 Å². The van der Waals surface area contributed by atoms with Gasteiger partial charge in [-0.1, -0.05) is 44.2 Å². The second-order valence-electron chi connectivity index (χ2n) is 8.13. The Morgan fingerprint density at radius 1 is 1.12 bits per heavy atom. The summed E-state index contributed by atoms with van der Waals surface area (Å²) in [6, 6.07) is 8.49. The van der Waals surface area contributed by atoms with E-state index in [9.17, 15) is 4.79 Å². The van der Waals surface area contributed by atoms with Crippen molar-refractivity contribution in [3.05, 3.63) is 30.1 Å². The molecule has 2 saturated carbocycles. The van der Waals surface area contributed by atoms with Crippen LogP contribution < -0.4 is 5.32 Å². The quantitative estimate of drug-likeness (QED) is 0.712. The summed E-state index contributed by atoms with van der Waals surface area (Å²) in [5, 5.41) is 3.08. The van der Waals surface area contributed by atoms with E-state index in [1.165, 1.54) is 49.9 Å². The third kappa shape index (κ3) is 4.28. The summed E-state index contributed by atoms with van der Waals surface area (Å²) in [5.74, 6) is 2.61. The Labute approximate surface area is 156 Å². The number of hydrogen-bond donors (Lipinski definition) is 1. The van der Waals surface area contributed by atoms with E-state index in [2.05, 4.69) is 34.1 Å². The van der Waals surface area contributed by atoms with Crippen molar-refractivity contribution in [2.75, 3.05) is 6.54 Å². The van der Waals surface area contributed by atoms with Crippen LogP contribution in [-0.4, -0.2) is 22.0 Å². The molecule has 0 aliphatic heterocycles. The predicted molar refractivity (Wildman–Crippen MR) is 105 cm³/mol. The monoisotopic (exact) mass is 353 g/mol. The minimum Gasteiger partial charge on any atom is -0.356 e. The summed E-state index contributed by atoms with van der Waals surface area (Å²) in [5.41, 5.74) is 2.37. The van der Waals surface area contributed by atoms with Gasteiger partial charge in [-0.25, -0.2) is 4.98 Å². The molecule has 1 aromatic carbocycles. The Bertz CT molecular complexity index is 741. The maximum atomic E-state index is 11.8. The molecule has 1 N–H and O–H groups in total. The fraction of sp³-hybridized carbons (Fsp3) is 0.636. The van der Waals surface area contributed by atoms with E-state index < -0.39 is 0 Å². The van der Waals surface area contributed by atoms with Crippen LogP contribution in [0.5, 0.6) is 0 Å². The number of benzene rings is 1. The average Bonchev–Trinajstić information content (AvgIpc) is 3.47. The molecule has 2 aliphatic rings. The number of nitrogens with zero attached hydrogens (tertiary/aromatic N) is 2. The van der Waals surface area contributed by atoms with Gasteiger partial charge in [0.1, 0.15) is 5.82 Å². The van der Waals surface area contributed by atoms with Gasteiger partial charge in [-0.3, -0.25) is 4.79 Å². The van der Waals surface area contributed by atoms with E-state index in [0.29, 0.717) is 5.92 Å². The lowest BCUT2D eigenvalue weighted by Gasteiger charge is -2.22. The molecule has 0 bridgehead atoms. The number of hydrogen-bond acceptors (Lipinski definition) is 2. The molecular weight excluding hydrogens is 322 g/mol. The number of rotatable bonds is 8. The van der Waals surface area contributed by atoms with Crippen LogP contribution in [0.4, 0.5) is 0 Å². The molecule has 140 valence electrons. The summed E-state index contributed by atoms with van der Waals surface area (Å²) >= 11 is 0. The number of carbonyl (C=O) groups excluding carboxylic acids is 1. The van der Waals surface area contributed by atoms with Gasteiger partial charge < -0.3 is 9.88 Å². The van der Waals surface area contributed by atoms with Gasteiger partial charge >= 0.3 is 0 Å². The Hall–Kier alpha value is -1.84. The highest BCUT2D eigenvalue weighted by molar-refractivity contribution is 5.80. The molecule has 4 nitrogen and oxygen atoms in total. The van der Waals surface area contributed by atoms with E-state index in [1.807, 2.05) is 0 Å². The highest BCUT2D eigenvalue weighted by Crippen LogP contribution is 2.29. The summed E-state index contributed by atoms with van der Waals surface area (Å²) in [6.45, 7) is 1.84. The first kappa shape index (κ1) is 17.6. The molecule has 0 unspecified atom stereocenters. The molecule has 1 heterocycles. The molecule has 0 saturated heterocycles. The minimum absolute atomic E-state index is 0.246. The third-order valence-corrected chi connectivity index (χ3v) is 6.04. The lowest BCUT2D eigenvalue weighted by Crippen LogP contribution is -2.26. The van der Waals surface area contributed by atoms with Gasteiger partial charge in [0.15, 0.2) is 0 Å². The molecule has 26 heavy (non-hydrogen) atoms. The fourth-order valence-corrected chi connectivity index (χ4v) is 4.30. The second kappa shape index (κ2) is 8.24. The molecule has 0 atom stereocenters. The lowest BCUT2D eigenvalue weighted by atomic mass is 9.87. The zero-order valence-electron chi connectivity index (χ0n) is 15.8. The van der Waals surface area contributed by atoms with Gasteiger partial charge in [0.05, 0.1) is 11.0 Å². The van der Waals surface area contributed by atoms with Gasteiger partial charge in [0.25, 0.3) is 0 Å². The predicted octanol–water partition coefficient (Wildman–Crippen LogP) is 4.47. The van der Waals surface area contributed by atoms with Crippen LogP contribution >= 0.6 is 0 Å². The number of amides is 1. The van der Waals surface area contributed by atoms with Crippen molar-refractivity contribution in [2.24, 2.45) is 11.8 Å². The Morgan fingerprint density at radius 2 is 1.92 bits per heavy atom. The normalized spacial score (nSPS) is 18.3. The van der Waals surface area contributed by atoms with Crippen LogP contribution in [-0.2, 0) is 17.8 Å². The van der Waals surface area contributed by atoms with Crippen molar-refractivity contribution in [1.82, 2.24) is 14.9 Å². The Morgan fingerprint density at radius 3 is 2.73 bits per heavy atom. The van der Waals surface area contributed by atoms with Gasteiger partial charge in [-0.05, 0) is 43.7 Å². The third-order valence-electron chi connectivity index (χ3n) is 6.04. The number of fused-ring (bicyclic) bond motifs is 1. The first-order valence-electron chi connectivity index (χ1n) is 10.5. The Kier molecular flexibility index (Phi) is 5.57. The molecule has 2 aromatic rings. The number of aryl methyl sites for hydroxylation is 2. The largest absolute Gasteiger partial charge is 0.356 e. The number of para-hydroxylation sites is 2. The average molecular weight is 354 g/mol. The summed E-state index contributed by atoms with van der Waals surface area (Å²) in [4.78, 5) is 16.7. The van der Waals surface area contributed by atoms with Crippen molar-refractivity contribution in [1.29, 1.82) is 0 Å². The van der Waals surface area contributed by atoms with E-state index in [4.69, 9.17) is 4.98 Å². The number of nitrogens with one attached hydrogen (secondary N) is 1. The molecule has 1 amide bonds. The summed E-state index contributed by atoms with van der Waals surface area (Å²) < 4.78 is 2.44. The van der Waals surface area contributed by atoms with Crippen LogP contribution in [0, 0.1) is 11.8 Å². The van der Waals surface area contributed by atoms with E-state index in [-0.39, 0.29) is 5.91 Å². The second-order valence-corrected chi connectivity index (χ2v) is 8.13. The van der Waals surface area contributed by atoms with Crippen molar-refractivity contribution < 1.29 is 4.79 Å². The highest BCUT2D eigenvalue weighted by atomic mass is 16.2. The van der Waals surface area contributed by atoms with Crippen LogP contribution in [0.2, 0.25) is 0 Å². The summed E-state index contributed by atoms with van der Waals surface area (Å²) in [6.07, 6.45) is 12.3. The van der Waals surface area contributed by atoms with Crippen LogP contribution in [0.1, 0.15) is 63.6 Å². The van der Waals surface area contributed by atoms with Gasteiger partial charge in [-0.2, -0.15) is 0 Å². The standard InChI is InChI=1S/C22H31N3O/c26-22(18-12-13-18)23-15-6-11-21-24-19-9-4-5-10-20(19)25(21)16-14-17-7-2-1-3-8-17/h4-5,9-10,17-18H,1-3,6-8,11-16H2,(H,23,26). The molecular formula is C22H31N3O. The van der Waals surface area contributed by atoms with Crippen molar-refractivity contribution >= 4 is 16.9 Å². The summed E-state index contributed by atoms with van der Waals surface area (Å²) in [7, 11) is 0. The topological polar surface area (TPSA) is 46.9 Å². The first-order chi connectivity index (χ1) is 12.8. The van der Waals surface area contributed by atoms with E-state index in [1.54, 1.807) is 0 Å². The maximum Gasteiger partial charge on any atom is 0.223 e. The number of aromatic nitrogens is 2. The smallest absolute Gasteiger partial charge is 0.223 e. The zero-order valence-corrected chi connectivity index (χ0v) is 15.8. The molecule has 4 heteroatoms. The van der Waals surface area contributed by atoms with Crippen LogP contribution in [0.25, 0.3) is 11.0 Å². The van der Waals surface area contributed by atoms with E-state index >= 15 is 0 Å². The molecule has 2 fully saturated rings. The minimum atomic E-state index is 0.246. The van der Waals surface area contributed by atoms with E-state index in [0.717, 1.165) is 50.2 Å². The molecule has 1 aromatic heterocycles. The van der Waals surface area contributed by atoms with Crippen molar-refractivity contribution in [3.63, 3.8) is 0 Å². The molecule has 4 rings (SSSR count). The number of imidazole rings is 1. The Balaban J connectivity index is 1.38. The van der Waals surface area contributed by atoms with Crippen LogP contribution in [0.3, 0.4) is 0 Å². The van der Waals surface area contributed by atoms with Crippen molar-refractivity contribution in [2.45, 2.75) is 70.8 Å². The first-order valence-corrected chi connectivity index (χ1v) is 10.5. The van der Waals surface area contributed by atoms with Gasteiger partial charge in [0, 0.05) is 25.4 Å². The number of carbonyl (C=O) groups is 1. The maximum absolute atomic E-state index is 11.8. The fourth-order valence-electron chi connectivity index (χ4n) is 4.30. The highest BCUT2D eigenvalue weighted by Gasteiger charge is 2.29. The molecule has 2 aliphatic carbocycles. The van der Waals surface area contributed by atoms with Crippen LogP contribution in [0.15, 0.2) is 24.3 Å². The lowest BCUT2D eigenvalue weighted by molar-refractivity contribution is -0.122. The molecule has 0 radical (unpaired) electrons. The molecule has 0 spiro atoms.